The lowest BCUT2D eigenvalue weighted by atomic mass is 10.1. The number of nitrogens with zero attached hydrogens (tertiary/aromatic N) is 3. The van der Waals surface area contributed by atoms with Crippen LogP contribution in [0.1, 0.15) is 18.0 Å². The smallest absolute Gasteiger partial charge is 0.475 e. The number of carboxylic acid groups (broad SMARTS) is 1. The number of halogens is 3. The van der Waals surface area contributed by atoms with E-state index in [2.05, 4.69) is 20.8 Å². The lowest BCUT2D eigenvalue weighted by Gasteiger charge is -2.25. The summed E-state index contributed by atoms with van der Waals surface area (Å²) < 4.78 is 31.7. The molecule has 2 heterocycles. The first-order valence-electron chi connectivity index (χ1n) is 8.02. The van der Waals surface area contributed by atoms with Crippen LogP contribution in [0, 0.1) is 0 Å². The molecular weight excluding hydrogens is 367 g/mol. The molecule has 2 aromatic rings. The molecule has 1 aliphatic heterocycles. The number of aryl methyl sites for hydroxylation is 1. The van der Waals surface area contributed by atoms with Crippen LogP contribution in [0.3, 0.4) is 0 Å². The van der Waals surface area contributed by atoms with E-state index in [9.17, 15) is 18.0 Å². The molecule has 0 atom stereocenters. The van der Waals surface area contributed by atoms with E-state index in [1.807, 2.05) is 30.3 Å². The standard InChI is InChI=1S/C14H17N5O.C2HF3O2/c20-14(7-6-11-4-2-1-3-5-11)17-13-10-16-19(18-13)12-8-15-9-12;3-2(4,5)1(6)7/h1-5,10,12,15H,6-9H2,(H,17,18,20);(H,6,7). The van der Waals surface area contributed by atoms with Gasteiger partial charge in [0, 0.05) is 19.5 Å². The number of amides is 1. The van der Waals surface area contributed by atoms with E-state index in [1.165, 1.54) is 0 Å². The summed E-state index contributed by atoms with van der Waals surface area (Å²) in [4.78, 5) is 22.4. The molecule has 0 saturated carbocycles. The second-order valence-electron chi connectivity index (χ2n) is 5.70. The number of hydrogen-bond acceptors (Lipinski definition) is 5. The number of aromatic nitrogens is 3. The summed E-state index contributed by atoms with van der Waals surface area (Å²) in [6, 6.07) is 10.3. The predicted octanol–water partition coefficient (Wildman–Crippen LogP) is 1.63. The summed E-state index contributed by atoms with van der Waals surface area (Å²) in [6.07, 6.45) is -2.31. The zero-order valence-electron chi connectivity index (χ0n) is 14.1. The Morgan fingerprint density at radius 3 is 2.41 bits per heavy atom. The Kier molecular flexibility index (Phi) is 6.88. The molecule has 1 aliphatic rings. The van der Waals surface area contributed by atoms with E-state index in [0.717, 1.165) is 25.1 Å². The summed E-state index contributed by atoms with van der Waals surface area (Å²) in [7, 11) is 0. The summed E-state index contributed by atoms with van der Waals surface area (Å²) in [6.45, 7) is 1.77. The Morgan fingerprint density at radius 2 is 1.89 bits per heavy atom. The quantitative estimate of drug-likeness (QED) is 0.722. The van der Waals surface area contributed by atoms with Crippen molar-refractivity contribution < 1.29 is 27.9 Å². The maximum Gasteiger partial charge on any atom is 0.490 e. The van der Waals surface area contributed by atoms with Gasteiger partial charge in [-0.3, -0.25) is 4.79 Å². The van der Waals surface area contributed by atoms with Crippen LogP contribution in [-0.2, 0) is 16.0 Å². The normalized spacial score (nSPS) is 13.9. The molecule has 0 aliphatic carbocycles. The fourth-order valence-corrected chi connectivity index (χ4v) is 2.05. The van der Waals surface area contributed by atoms with Crippen LogP contribution in [0.2, 0.25) is 0 Å². The van der Waals surface area contributed by atoms with Crippen molar-refractivity contribution in [2.75, 3.05) is 18.4 Å². The van der Waals surface area contributed by atoms with E-state index in [1.54, 1.807) is 11.0 Å². The Labute approximate surface area is 152 Å². The minimum Gasteiger partial charge on any atom is -0.475 e. The van der Waals surface area contributed by atoms with E-state index < -0.39 is 12.1 Å². The first-order valence-corrected chi connectivity index (χ1v) is 8.02. The molecule has 0 unspecified atom stereocenters. The molecule has 1 aromatic heterocycles. The van der Waals surface area contributed by atoms with Crippen LogP contribution in [-0.4, -0.2) is 51.2 Å². The van der Waals surface area contributed by atoms with Gasteiger partial charge in [-0.1, -0.05) is 30.3 Å². The van der Waals surface area contributed by atoms with Crippen molar-refractivity contribution in [3.05, 3.63) is 42.1 Å². The molecule has 146 valence electrons. The van der Waals surface area contributed by atoms with Gasteiger partial charge >= 0.3 is 12.1 Å². The minimum absolute atomic E-state index is 0.0346. The van der Waals surface area contributed by atoms with Gasteiger partial charge in [-0.15, -0.1) is 5.10 Å². The SMILES string of the molecule is O=C(CCc1ccccc1)Nc1cnn(C2CNC2)n1.O=C(O)C(F)(F)F. The minimum atomic E-state index is -5.08. The van der Waals surface area contributed by atoms with Gasteiger partial charge in [-0.25, -0.2) is 4.79 Å². The van der Waals surface area contributed by atoms with Crippen LogP contribution in [0.5, 0.6) is 0 Å². The Hall–Kier alpha value is -2.95. The molecule has 1 amide bonds. The van der Waals surface area contributed by atoms with Crippen molar-refractivity contribution in [3.8, 4) is 0 Å². The van der Waals surface area contributed by atoms with E-state index in [4.69, 9.17) is 9.90 Å². The third-order valence-electron chi connectivity index (χ3n) is 3.59. The van der Waals surface area contributed by atoms with Crippen molar-refractivity contribution in [1.82, 2.24) is 20.3 Å². The van der Waals surface area contributed by atoms with Crippen molar-refractivity contribution in [2.24, 2.45) is 0 Å². The first-order chi connectivity index (χ1) is 12.8. The molecule has 27 heavy (non-hydrogen) atoms. The van der Waals surface area contributed by atoms with Gasteiger partial charge < -0.3 is 15.7 Å². The first kappa shape index (κ1) is 20.4. The van der Waals surface area contributed by atoms with Crippen LogP contribution in [0.4, 0.5) is 19.0 Å². The molecule has 3 N–H and O–H groups in total. The fraction of sp³-hybridized carbons (Fsp3) is 0.375. The topological polar surface area (TPSA) is 109 Å². The van der Waals surface area contributed by atoms with Crippen LogP contribution in [0.25, 0.3) is 0 Å². The molecule has 0 radical (unpaired) electrons. The second-order valence-corrected chi connectivity index (χ2v) is 5.70. The summed E-state index contributed by atoms with van der Waals surface area (Å²) in [5.74, 6) is -2.27. The number of alkyl halides is 3. The number of anilines is 1. The zero-order chi connectivity index (χ0) is 19.9. The number of rotatable bonds is 5. The van der Waals surface area contributed by atoms with E-state index in [0.29, 0.717) is 18.3 Å². The largest absolute Gasteiger partial charge is 0.490 e. The van der Waals surface area contributed by atoms with Gasteiger partial charge in [-0.2, -0.15) is 23.1 Å². The highest BCUT2D eigenvalue weighted by atomic mass is 19.4. The van der Waals surface area contributed by atoms with Gasteiger partial charge in [0.15, 0.2) is 5.82 Å². The third kappa shape index (κ3) is 6.70. The highest BCUT2D eigenvalue weighted by Gasteiger charge is 2.38. The predicted molar refractivity (Wildman–Crippen MR) is 89.0 cm³/mol. The van der Waals surface area contributed by atoms with Crippen molar-refractivity contribution >= 4 is 17.7 Å². The summed E-state index contributed by atoms with van der Waals surface area (Å²) >= 11 is 0. The highest BCUT2D eigenvalue weighted by Crippen LogP contribution is 2.13. The van der Waals surface area contributed by atoms with Gasteiger partial charge in [0.05, 0.1) is 12.2 Å². The van der Waals surface area contributed by atoms with Crippen LogP contribution < -0.4 is 10.6 Å². The van der Waals surface area contributed by atoms with Gasteiger partial charge in [-0.05, 0) is 12.0 Å². The van der Waals surface area contributed by atoms with Crippen molar-refractivity contribution in [3.63, 3.8) is 0 Å². The number of carboxylic acids is 1. The lowest BCUT2D eigenvalue weighted by Crippen LogP contribution is -2.44. The van der Waals surface area contributed by atoms with E-state index in [-0.39, 0.29) is 5.91 Å². The number of hydrogen-bond donors (Lipinski definition) is 3. The molecule has 0 spiro atoms. The van der Waals surface area contributed by atoms with Gasteiger partial charge in [0.2, 0.25) is 5.91 Å². The number of carbonyl (C=O) groups is 2. The van der Waals surface area contributed by atoms with Gasteiger partial charge in [0.25, 0.3) is 0 Å². The second kappa shape index (κ2) is 9.12. The fourth-order valence-electron chi connectivity index (χ4n) is 2.05. The molecule has 0 bridgehead atoms. The molecule has 11 heteroatoms. The number of carbonyl (C=O) groups excluding carboxylic acids is 1. The average Bonchev–Trinajstić information content (AvgIpc) is 3.00. The summed E-state index contributed by atoms with van der Waals surface area (Å²) in [5.41, 5.74) is 1.16. The monoisotopic (exact) mass is 385 g/mol. The zero-order valence-corrected chi connectivity index (χ0v) is 14.1. The highest BCUT2D eigenvalue weighted by molar-refractivity contribution is 5.89. The molecule has 1 aromatic carbocycles. The Balaban J connectivity index is 0.000000321. The summed E-state index contributed by atoms with van der Waals surface area (Å²) in [5, 5.41) is 21.5. The van der Waals surface area contributed by atoms with Gasteiger partial charge in [0.1, 0.15) is 0 Å². The Bertz CT molecular complexity index is 760. The van der Waals surface area contributed by atoms with Crippen molar-refractivity contribution in [2.45, 2.75) is 25.1 Å². The maximum absolute atomic E-state index is 11.8. The average molecular weight is 385 g/mol. The number of nitrogens with one attached hydrogen (secondary N) is 2. The lowest BCUT2D eigenvalue weighted by molar-refractivity contribution is -0.192. The van der Waals surface area contributed by atoms with Crippen molar-refractivity contribution in [1.29, 1.82) is 0 Å². The molecule has 1 saturated heterocycles. The van der Waals surface area contributed by atoms with E-state index >= 15 is 0 Å². The third-order valence-corrected chi connectivity index (χ3v) is 3.59. The molecule has 3 rings (SSSR count). The molecular formula is C16H18F3N5O3. The van der Waals surface area contributed by atoms with Crippen LogP contribution in [0.15, 0.2) is 36.5 Å². The molecule has 1 fully saturated rings. The number of aliphatic carboxylic acids is 1. The Morgan fingerprint density at radius 1 is 1.26 bits per heavy atom. The number of benzene rings is 1. The molecule has 8 nitrogen and oxygen atoms in total. The maximum atomic E-state index is 11.8. The van der Waals surface area contributed by atoms with Crippen LogP contribution >= 0.6 is 0 Å².